The van der Waals surface area contributed by atoms with E-state index in [4.69, 9.17) is 0 Å². The van der Waals surface area contributed by atoms with Gasteiger partial charge in [-0.25, -0.2) is 0 Å². The van der Waals surface area contributed by atoms with Crippen LogP contribution in [0.4, 0.5) is 0 Å². The zero-order chi connectivity index (χ0) is 14.6. The van der Waals surface area contributed by atoms with Gasteiger partial charge in [0.25, 0.3) is 0 Å². The highest BCUT2D eigenvalue weighted by molar-refractivity contribution is 5.34. The van der Waals surface area contributed by atoms with E-state index in [1.807, 2.05) is 30.3 Å². The van der Waals surface area contributed by atoms with Gasteiger partial charge < -0.3 is 5.11 Å². The maximum absolute atomic E-state index is 11.2. The van der Waals surface area contributed by atoms with E-state index in [2.05, 4.69) is 39.0 Å². The van der Waals surface area contributed by atoms with Gasteiger partial charge in [-0.05, 0) is 37.0 Å². The Morgan fingerprint density at radius 2 is 1.70 bits per heavy atom. The summed E-state index contributed by atoms with van der Waals surface area (Å²) in [6.45, 7) is 6.34. The number of hydrogen-bond acceptors (Lipinski definition) is 1. The molecule has 2 aromatic rings. The molecule has 1 nitrogen and oxygen atoms in total. The summed E-state index contributed by atoms with van der Waals surface area (Å²) in [5.41, 5.74) is 3.99. The summed E-state index contributed by atoms with van der Waals surface area (Å²) < 4.78 is 0. The number of benzene rings is 2. The lowest BCUT2D eigenvalue weighted by molar-refractivity contribution is 0.0267. The molecular formula is C19H24O. The lowest BCUT2D eigenvalue weighted by Crippen LogP contribution is -2.28. The average molecular weight is 268 g/mol. The number of hydrogen-bond donors (Lipinski definition) is 1. The normalized spacial score (nSPS) is 14.0. The minimum absolute atomic E-state index is 0.679. The molecular weight excluding hydrogens is 244 g/mol. The van der Waals surface area contributed by atoms with Crippen molar-refractivity contribution in [1.82, 2.24) is 0 Å². The molecule has 0 saturated carbocycles. The van der Waals surface area contributed by atoms with Crippen molar-refractivity contribution in [3.63, 3.8) is 0 Å². The second kappa shape index (κ2) is 6.23. The van der Waals surface area contributed by atoms with Crippen LogP contribution in [0.25, 0.3) is 0 Å². The molecule has 0 aliphatic carbocycles. The molecule has 1 N–H and O–H groups in total. The van der Waals surface area contributed by atoms with Crippen molar-refractivity contribution in [2.24, 2.45) is 0 Å². The second-order valence-corrected chi connectivity index (χ2v) is 5.75. The molecule has 1 atom stereocenters. The summed E-state index contributed by atoms with van der Waals surface area (Å²) in [4.78, 5) is 0. The minimum Gasteiger partial charge on any atom is -0.385 e. The fourth-order valence-electron chi connectivity index (χ4n) is 2.80. The fourth-order valence-corrected chi connectivity index (χ4v) is 2.80. The van der Waals surface area contributed by atoms with E-state index in [0.717, 1.165) is 18.4 Å². The smallest absolute Gasteiger partial charge is 0.0936 e. The third kappa shape index (κ3) is 3.29. The van der Waals surface area contributed by atoms with Crippen molar-refractivity contribution in [2.75, 3.05) is 0 Å². The average Bonchev–Trinajstić information content (AvgIpc) is 2.44. The molecule has 0 amide bonds. The van der Waals surface area contributed by atoms with Gasteiger partial charge in [0, 0.05) is 6.42 Å². The van der Waals surface area contributed by atoms with Gasteiger partial charge in [-0.15, -0.1) is 0 Å². The quantitative estimate of drug-likeness (QED) is 0.844. The minimum atomic E-state index is -0.769. The van der Waals surface area contributed by atoms with E-state index in [-0.39, 0.29) is 0 Å². The van der Waals surface area contributed by atoms with Gasteiger partial charge in [0.2, 0.25) is 0 Å². The molecule has 2 aromatic carbocycles. The SMILES string of the molecule is CCCC(O)(Cc1cc(C)ccc1C)c1ccccc1. The Morgan fingerprint density at radius 1 is 1.00 bits per heavy atom. The fraction of sp³-hybridized carbons (Fsp3) is 0.368. The van der Waals surface area contributed by atoms with E-state index in [0.29, 0.717) is 6.42 Å². The Balaban J connectivity index is 2.36. The Hall–Kier alpha value is -1.60. The number of aryl methyl sites for hydroxylation is 2. The molecule has 0 radical (unpaired) electrons. The maximum Gasteiger partial charge on any atom is 0.0936 e. The molecule has 2 rings (SSSR count). The zero-order valence-electron chi connectivity index (χ0n) is 12.7. The highest BCUT2D eigenvalue weighted by Gasteiger charge is 2.28. The molecule has 0 heterocycles. The van der Waals surface area contributed by atoms with E-state index in [1.54, 1.807) is 0 Å². The maximum atomic E-state index is 11.2. The molecule has 0 spiro atoms. The van der Waals surface area contributed by atoms with Gasteiger partial charge in [0.1, 0.15) is 0 Å². The summed E-state index contributed by atoms with van der Waals surface area (Å²) >= 11 is 0. The summed E-state index contributed by atoms with van der Waals surface area (Å²) in [5, 5.41) is 11.2. The van der Waals surface area contributed by atoms with Gasteiger partial charge in [0.15, 0.2) is 0 Å². The van der Waals surface area contributed by atoms with Gasteiger partial charge in [-0.2, -0.15) is 0 Å². The lowest BCUT2D eigenvalue weighted by atomic mass is 9.82. The van der Waals surface area contributed by atoms with Crippen molar-refractivity contribution >= 4 is 0 Å². The highest BCUT2D eigenvalue weighted by Crippen LogP contribution is 2.31. The molecule has 0 bridgehead atoms. The molecule has 20 heavy (non-hydrogen) atoms. The van der Waals surface area contributed by atoms with Crippen molar-refractivity contribution in [3.05, 3.63) is 70.8 Å². The summed E-state index contributed by atoms with van der Waals surface area (Å²) in [7, 11) is 0. The number of rotatable bonds is 5. The predicted molar refractivity (Wildman–Crippen MR) is 84.9 cm³/mol. The van der Waals surface area contributed by atoms with Crippen LogP contribution in [0.15, 0.2) is 48.5 Å². The Bertz CT molecular complexity index is 559. The van der Waals surface area contributed by atoms with Crippen LogP contribution in [-0.2, 0) is 12.0 Å². The van der Waals surface area contributed by atoms with Crippen LogP contribution in [0.3, 0.4) is 0 Å². The van der Waals surface area contributed by atoms with Gasteiger partial charge in [-0.1, -0.05) is 67.4 Å². The number of aliphatic hydroxyl groups is 1. The Kier molecular flexibility index (Phi) is 4.61. The molecule has 1 unspecified atom stereocenters. The van der Waals surface area contributed by atoms with Crippen LogP contribution in [0, 0.1) is 13.8 Å². The zero-order valence-corrected chi connectivity index (χ0v) is 12.7. The first-order valence-corrected chi connectivity index (χ1v) is 7.39. The third-order valence-electron chi connectivity index (χ3n) is 3.96. The standard InChI is InChI=1S/C19H24O/c1-4-12-19(20,18-8-6-5-7-9-18)14-17-13-15(2)10-11-16(17)3/h5-11,13,20H,4,12,14H2,1-3H3. The van der Waals surface area contributed by atoms with E-state index < -0.39 is 5.60 Å². The van der Waals surface area contributed by atoms with Crippen LogP contribution < -0.4 is 0 Å². The van der Waals surface area contributed by atoms with Crippen LogP contribution in [-0.4, -0.2) is 5.11 Å². The highest BCUT2D eigenvalue weighted by atomic mass is 16.3. The molecule has 0 aromatic heterocycles. The predicted octanol–water partition coefficient (Wildman–Crippen LogP) is 4.53. The lowest BCUT2D eigenvalue weighted by Gasteiger charge is -2.29. The van der Waals surface area contributed by atoms with Crippen LogP contribution in [0.2, 0.25) is 0 Å². The van der Waals surface area contributed by atoms with Crippen LogP contribution in [0.1, 0.15) is 42.0 Å². The Labute approximate surface area is 122 Å². The van der Waals surface area contributed by atoms with Crippen molar-refractivity contribution in [1.29, 1.82) is 0 Å². The third-order valence-corrected chi connectivity index (χ3v) is 3.96. The molecule has 0 aliphatic rings. The molecule has 0 saturated heterocycles. The second-order valence-electron chi connectivity index (χ2n) is 5.75. The summed E-state index contributed by atoms with van der Waals surface area (Å²) in [5.74, 6) is 0. The van der Waals surface area contributed by atoms with E-state index >= 15 is 0 Å². The van der Waals surface area contributed by atoms with Crippen LogP contribution >= 0.6 is 0 Å². The molecule has 1 heteroatoms. The van der Waals surface area contributed by atoms with Crippen LogP contribution in [0.5, 0.6) is 0 Å². The van der Waals surface area contributed by atoms with Gasteiger partial charge >= 0.3 is 0 Å². The first-order chi connectivity index (χ1) is 9.55. The summed E-state index contributed by atoms with van der Waals surface area (Å²) in [6.07, 6.45) is 2.43. The van der Waals surface area contributed by atoms with Crippen molar-refractivity contribution in [3.8, 4) is 0 Å². The molecule has 0 fully saturated rings. The molecule has 106 valence electrons. The van der Waals surface area contributed by atoms with Crippen molar-refractivity contribution < 1.29 is 5.11 Å². The monoisotopic (exact) mass is 268 g/mol. The van der Waals surface area contributed by atoms with Gasteiger partial charge in [-0.3, -0.25) is 0 Å². The van der Waals surface area contributed by atoms with E-state index in [9.17, 15) is 5.11 Å². The largest absolute Gasteiger partial charge is 0.385 e. The first kappa shape index (κ1) is 14.8. The van der Waals surface area contributed by atoms with E-state index in [1.165, 1.54) is 16.7 Å². The summed E-state index contributed by atoms with van der Waals surface area (Å²) in [6, 6.07) is 16.5. The van der Waals surface area contributed by atoms with Crippen molar-refractivity contribution in [2.45, 2.75) is 45.6 Å². The van der Waals surface area contributed by atoms with Gasteiger partial charge in [0.05, 0.1) is 5.60 Å². The molecule has 0 aliphatic heterocycles. The topological polar surface area (TPSA) is 20.2 Å². The first-order valence-electron chi connectivity index (χ1n) is 7.39. The Morgan fingerprint density at radius 3 is 2.35 bits per heavy atom.